The highest BCUT2D eigenvalue weighted by atomic mass is 15.6. The van der Waals surface area contributed by atoms with Crippen molar-refractivity contribution in [1.82, 2.24) is 18.7 Å². The number of rotatable bonds is 12. The van der Waals surface area contributed by atoms with E-state index in [1.54, 1.807) is 0 Å². The molecule has 0 radical (unpaired) electrons. The fraction of sp³-hybridized carbons (Fsp3) is 0.125. The van der Waals surface area contributed by atoms with E-state index in [2.05, 4.69) is 300 Å². The first-order valence-corrected chi connectivity index (χ1v) is 24.9. The highest BCUT2D eigenvalue weighted by molar-refractivity contribution is 6.32. The molecule has 0 unspecified atom stereocenters. The molecule has 0 N–H and O–H groups in total. The lowest BCUT2D eigenvalue weighted by molar-refractivity contribution is 0.759. The summed E-state index contributed by atoms with van der Waals surface area (Å²) in [5.41, 5.74) is 17.6. The van der Waals surface area contributed by atoms with Gasteiger partial charge >= 0.3 is 0 Å². The molecular formula is C64H58N8. The van der Waals surface area contributed by atoms with Gasteiger partial charge in [-0.15, -0.1) is 0 Å². The van der Waals surface area contributed by atoms with Crippen molar-refractivity contribution in [3.05, 3.63) is 252 Å². The standard InChI is InChI=1S/C64H58N8/c1-43-29-30-44(2)65(43)69(51-21-13-9-14-22-51)59-41-60(70(52-23-15-10-16-24-52)66-45(3)31-32-46(66)4)56-39-40-58-62(72(54-27-19-12-20-28-54)68-49(7)35-36-50(68)8)42-61(57-38-37-55(59)63(56)64(57)58)71(53-25-17-11-18-26-53)67-47(5)33-34-48(67)6/h9-42H,1-8H3. The number of anilines is 8. The summed E-state index contributed by atoms with van der Waals surface area (Å²) in [6.07, 6.45) is 0. The molecule has 0 aliphatic carbocycles. The van der Waals surface area contributed by atoms with Gasteiger partial charge in [-0.25, -0.2) is 20.0 Å². The van der Waals surface area contributed by atoms with Crippen LogP contribution in [-0.2, 0) is 0 Å². The van der Waals surface area contributed by atoms with Crippen molar-refractivity contribution >= 4 is 77.8 Å². The first-order valence-electron chi connectivity index (χ1n) is 24.9. The van der Waals surface area contributed by atoms with Gasteiger partial charge in [0.25, 0.3) is 0 Å². The van der Waals surface area contributed by atoms with Crippen LogP contribution in [0.1, 0.15) is 45.6 Å². The van der Waals surface area contributed by atoms with Crippen molar-refractivity contribution in [1.29, 1.82) is 0 Å². The predicted molar refractivity (Wildman–Crippen MR) is 302 cm³/mol. The van der Waals surface area contributed by atoms with Gasteiger partial charge in [0.05, 0.1) is 45.5 Å². The first-order chi connectivity index (χ1) is 35.1. The van der Waals surface area contributed by atoms with Crippen LogP contribution in [0.25, 0.3) is 32.3 Å². The Kier molecular flexibility index (Phi) is 10.8. The summed E-state index contributed by atoms with van der Waals surface area (Å²) in [6.45, 7) is 17.6. The number of benzene rings is 8. The molecule has 8 aromatic carbocycles. The van der Waals surface area contributed by atoms with Crippen LogP contribution in [0.3, 0.4) is 0 Å². The average Bonchev–Trinajstić information content (AvgIpc) is 4.14. The van der Waals surface area contributed by atoms with Gasteiger partial charge in [0.15, 0.2) is 0 Å². The molecule has 0 saturated heterocycles. The second-order valence-electron chi connectivity index (χ2n) is 19.2. The summed E-state index contributed by atoms with van der Waals surface area (Å²) in [4.78, 5) is 0. The lowest BCUT2D eigenvalue weighted by Crippen LogP contribution is -2.30. The highest BCUT2D eigenvalue weighted by Gasteiger charge is 2.31. The summed E-state index contributed by atoms with van der Waals surface area (Å²) in [7, 11) is 0. The zero-order valence-electron chi connectivity index (χ0n) is 42.2. The predicted octanol–water partition coefficient (Wildman–Crippen LogP) is 16.7. The Bertz CT molecular complexity index is 3330. The Morgan fingerprint density at radius 1 is 0.222 bits per heavy atom. The van der Waals surface area contributed by atoms with Gasteiger partial charge < -0.3 is 0 Å². The first kappa shape index (κ1) is 44.3. The van der Waals surface area contributed by atoms with E-state index in [9.17, 15) is 0 Å². The molecule has 72 heavy (non-hydrogen) atoms. The Balaban J connectivity index is 1.32. The van der Waals surface area contributed by atoms with Crippen molar-refractivity contribution in [2.45, 2.75) is 55.4 Å². The molecule has 12 rings (SSSR count). The lowest BCUT2D eigenvalue weighted by atomic mass is 9.90. The van der Waals surface area contributed by atoms with E-state index in [1.807, 2.05) is 0 Å². The minimum atomic E-state index is 1.06. The molecule has 0 aliphatic heterocycles. The van der Waals surface area contributed by atoms with Crippen LogP contribution in [0.2, 0.25) is 0 Å². The van der Waals surface area contributed by atoms with Gasteiger partial charge in [-0.05, 0) is 165 Å². The Hall–Kier alpha value is -8.88. The maximum absolute atomic E-state index is 2.42. The molecule has 0 amide bonds. The Morgan fingerprint density at radius 2 is 0.403 bits per heavy atom. The summed E-state index contributed by atoms with van der Waals surface area (Å²) in [6, 6.07) is 75.4. The number of nitrogens with zero attached hydrogens (tertiary/aromatic N) is 8. The molecule has 0 bridgehead atoms. The van der Waals surface area contributed by atoms with Crippen LogP contribution in [-0.4, -0.2) is 18.7 Å². The number of para-hydroxylation sites is 4. The minimum Gasteiger partial charge on any atom is -0.258 e. The second-order valence-corrected chi connectivity index (χ2v) is 19.2. The van der Waals surface area contributed by atoms with Gasteiger partial charge in [-0.1, -0.05) is 97.1 Å². The molecule has 354 valence electrons. The molecule has 12 aromatic rings. The number of hydrogen-bond donors (Lipinski definition) is 0. The van der Waals surface area contributed by atoms with Gasteiger partial charge in [0.1, 0.15) is 0 Å². The minimum absolute atomic E-state index is 1.06. The van der Waals surface area contributed by atoms with Crippen LogP contribution in [0.5, 0.6) is 0 Å². The molecule has 0 atom stereocenters. The van der Waals surface area contributed by atoms with E-state index in [0.717, 1.165) is 113 Å². The van der Waals surface area contributed by atoms with Crippen molar-refractivity contribution in [2.24, 2.45) is 0 Å². The third-order valence-corrected chi connectivity index (χ3v) is 14.5. The van der Waals surface area contributed by atoms with Crippen molar-refractivity contribution < 1.29 is 0 Å². The van der Waals surface area contributed by atoms with Crippen LogP contribution in [0.15, 0.2) is 206 Å². The SMILES string of the molecule is Cc1ccc(C)n1N(c1ccccc1)c1cc(N(c2ccccc2)n2c(C)ccc2C)c2ccc3c(N(c4ccccc4)n4c(C)ccc4C)cc(N(c4ccccc4)n4c(C)ccc4C)c4ccc1c2c43. The maximum Gasteiger partial charge on any atom is 0.0737 e. The largest absolute Gasteiger partial charge is 0.258 e. The zero-order valence-corrected chi connectivity index (χ0v) is 42.2. The summed E-state index contributed by atoms with van der Waals surface area (Å²) < 4.78 is 9.46. The van der Waals surface area contributed by atoms with Crippen molar-refractivity contribution in [3.8, 4) is 0 Å². The van der Waals surface area contributed by atoms with Gasteiger partial charge in [-0.2, -0.15) is 0 Å². The average molecular weight is 939 g/mol. The van der Waals surface area contributed by atoms with Gasteiger partial charge in [0, 0.05) is 77.9 Å². The summed E-state index contributed by atoms with van der Waals surface area (Å²) in [5, 5.41) is 16.6. The van der Waals surface area contributed by atoms with E-state index in [0.29, 0.717) is 0 Å². The fourth-order valence-corrected chi connectivity index (χ4v) is 11.3. The third kappa shape index (κ3) is 7.04. The molecule has 8 heteroatoms. The molecule has 0 fully saturated rings. The number of aromatic nitrogens is 4. The normalized spacial score (nSPS) is 11.6. The Morgan fingerprint density at radius 3 is 0.583 bits per heavy atom. The summed E-state index contributed by atoms with van der Waals surface area (Å²) >= 11 is 0. The van der Waals surface area contributed by atoms with Crippen molar-refractivity contribution in [2.75, 3.05) is 20.0 Å². The van der Waals surface area contributed by atoms with Crippen molar-refractivity contribution in [3.63, 3.8) is 0 Å². The maximum atomic E-state index is 2.42. The zero-order chi connectivity index (χ0) is 49.4. The topological polar surface area (TPSA) is 32.7 Å². The van der Waals surface area contributed by atoms with Crippen LogP contribution >= 0.6 is 0 Å². The summed E-state index contributed by atoms with van der Waals surface area (Å²) in [5.74, 6) is 0. The molecule has 4 heterocycles. The monoisotopic (exact) mass is 938 g/mol. The van der Waals surface area contributed by atoms with Gasteiger partial charge in [-0.3, -0.25) is 18.7 Å². The third-order valence-electron chi connectivity index (χ3n) is 14.5. The quantitative estimate of drug-likeness (QED) is 0.114. The highest BCUT2D eigenvalue weighted by Crippen LogP contribution is 2.52. The molecule has 0 spiro atoms. The lowest BCUT2D eigenvalue weighted by Gasteiger charge is -2.36. The van der Waals surface area contributed by atoms with Gasteiger partial charge in [0.2, 0.25) is 0 Å². The molecular weight excluding hydrogens is 881 g/mol. The second kappa shape index (κ2) is 17.5. The number of hydrogen-bond acceptors (Lipinski definition) is 4. The van der Waals surface area contributed by atoms with Crippen LogP contribution in [0, 0.1) is 55.4 Å². The molecule has 0 aliphatic rings. The molecule has 0 saturated carbocycles. The number of aryl methyl sites for hydroxylation is 8. The van der Waals surface area contributed by atoms with E-state index in [-0.39, 0.29) is 0 Å². The fourth-order valence-electron chi connectivity index (χ4n) is 11.3. The van der Waals surface area contributed by atoms with E-state index in [1.165, 1.54) is 10.8 Å². The van der Waals surface area contributed by atoms with E-state index < -0.39 is 0 Å². The Labute approximate surface area is 421 Å². The van der Waals surface area contributed by atoms with E-state index in [4.69, 9.17) is 0 Å². The van der Waals surface area contributed by atoms with Crippen LogP contribution < -0.4 is 20.0 Å². The smallest absolute Gasteiger partial charge is 0.0737 e. The molecule has 8 nitrogen and oxygen atoms in total. The van der Waals surface area contributed by atoms with E-state index >= 15 is 0 Å². The molecule has 4 aromatic heterocycles. The van der Waals surface area contributed by atoms with Crippen LogP contribution in [0.4, 0.5) is 45.5 Å².